The number of hydrogen-bond donors (Lipinski definition) is 0. The van der Waals surface area contributed by atoms with E-state index < -0.39 is 29.6 Å². The average Bonchev–Trinajstić information content (AvgIpc) is 2.85. The van der Waals surface area contributed by atoms with Crippen LogP contribution in [0, 0.1) is 17.5 Å². The minimum atomic E-state index is -5.22. The molecule has 194 valence electrons. The van der Waals surface area contributed by atoms with Crippen LogP contribution < -0.4 is 9.47 Å². The van der Waals surface area contributed by atoms with Crippen molar-refractivity contribution in [2.45, 2.75) is 39.0 Å². The first-order chi connectivity index (χ1) is 17.6. The van der Waals surface area contributed by atoms with Crippen molar-refractivity contribution in [2.75, 3.05) is 6.61 Å². The first-order valence-corrected chi connectivity index (χ1v) is 11.6. The Morgan fingerprint density at radius 2 is 1.51 bits per heavy atom. The van der Waals surface area contributed by atoms with Crippen LogP contribution in [0.15, 0.2) is 60.8 Å². The van der Waals surface area contributed by atoms with Gasteiger partial charge in [-0.05, 0) is 78.9 Å². The lowest BCUT2D eigenvalue weighted by Crippen LogP contribution is -2.19. The van der Waals surface area contributed by atoms with Crippen LogP contribution in [0.1, 0.15) is 29.3 Å². The highest BCUT2D eigenvalue weighted by Gasteiger charge is 2.34. The van der Waals surface area contributed by atoms with Gasteiger partial charge in [0.2, 0.25) is 5.75 Å². The Bertz CT molecular complexity index is 1360. The van der Waals surface area contributed by atoms with Gasteiger partial charge in [0.15, 0.2) is 11.6 Å². The Morgan fingerprint density at radius 3 is 2.16 bits per heavy atom. The molecule has 3 aromatic carbocycles. The van der Waals surface area contributed by atoms with Crippen LogP contribution in [0.4, 0.5) is 26.3 Å². The second-order valence-electron chi connectivity index (χ2n) is 8.45. The first-order valence-electron chi connectivity index (χ1n) is 11.6. The predicted molar refractivity (Wildman–Crippen MR) is 127 cm³/mol. The monoisotopic (exact) mass is 519 g/mol. The van der Waals surface area contributed by atoms with Gasteiger partial charge in [0, 0.05) is 11.1 Å². The summed E-state index contributed by atoms with van der Waals surface area (Å²) in [5.41, 5.74) is 2.34. The fourth-order valence-corrected chi connectivity index (χ4v) is 4.07. The molecule has 4 rings (SSSR count). The van der Waals surface area contributed by atoms with Crippen molar-refractivity contribution in [3.8, 4) is 11.5 Å². The number of alkyl halides is 3. The second-order valence-corrected chi connectivity index (χ2v) is 8.45. The number of aromatic nitrogens is 1. The molecule has 0 saturated carbocycles. The summed E-state index contributed by atoms with van der Waals surface area (Å²) < 4.78 is 88.8. The summed E-state index contributed by atoms with van der Waals surface area (Å²) in [6.07, 6.45) is -1.99. The molecule has 0 spiro atoms. The summed E-state index contributed by atoms with van der Waals surface area (Å²) in [5.74, 6) is -4.19. The van der Waals surface area contributed by atoms with Gasteiger partial charge < -0.3 is 9.47 Å². The molecule has 0 aliphatic heterocycles. The lowest BCUT2D eigenvalue weighted by molar-refractivity contribution is -0.276. The standard InChI is InChI=1S/C28H23F6NO2/c1-2-36-22-11-10-21(35-16-22)9-4-17-5-12-23-20(13-17)8-7-19(26(23)31)6-3-18-14-24(29)27(25(30)15-18)37-28(32,33)34/h5,7-8,10-16H,2-4,6,9H2,1H3. The maximum atomic E-state index is 15.1. The maximum absolute atomic E-state index is 15.1. The van der Waals surface area contributed by atoms with Crippen LogP contribution in [0.5, 0.6) is 11.5 Å². The Labute approximate surface area is 209 Å². The summed E-state index contributed by atoms with van der Waals surface area (Å²) >= 11 is 0. The smallest absolute Gasteiger partial charge is 0.492 e. The molecule has 0 aliphatic carbocycles. The first kappa shape index (κ1) is 26.3. The highest BCUT2D eigenvalue weighted by atomic mass is 19.4. The SMILES string of the molecule is CCOc1ccc(CCc2ccc3c(F)c(CCc4cc(F)c(OC(F)(F)F)c(F)c4)ccc3c2)nc1. The molecule has 1 heterocycles. The normalized spacial score (nSPS) is 11.6. The number of hydrogen-bond acceptors (Lipinski definition) is 3. The third kappa shape index (κ3) is 6.72. The van der Waals surface area contributed by atoms with Gasteiger partial charge in [-0.1, -0.05) is 30.3 Å². The van der Waals surface area contributed by atoms with Crippen molar-refractivity contribution in [1.29, 1.82) is 0 Å². The Balaban J connectivity index is 1.43. The van der Waals surface area contributed by atoms with E-state index >= 15 is 4.39 Å². The number of halogens is 6. The third-order valence-electron chi connectivity index (χ3n) is 5.84. The van der Waals surface area contributed by atoms with E-state index in [1.807, 2.05) is 31.2 Å². The molecule has 0 bridgehead atoms. The van der Waals surface area contributed by atoms with Crippen LogP contribution in [-0.2, 0) is 25.7 Å². The van der Waals surface area contributed by atoms with Crippen molar-refractivity contribution in [2.24, 2.45) is 0 Å². The van der Waals surface area contributed by atoms with Crippen LogP contribution in [0.25, 0.3) is 10.8 Å². The van der Waals surface area contributed by atoms with E-state index in [9.17, 15) is 22.0 Å². The zero-order valence-corrected chi connectivity index (χ0v) is 19.8. The largest absolute Gasteiger partial charge is 0.573 e. The zero-order chi connectivity index (χ0) is 26.6. The van der Waals surface area contributed by atoms with E-state index in [1.54, 1.807) is 24.4 Å². The van der Waals surface area contributed by atoms with E-state index in [-0.39, 0.29) is 18.4 Å². The Hall–Kier alpha value is -3.75. The zero-order valence-electron chi connectivity index (χ0n) is 19.8. The highest BCUT2D eigenvalue weighted by Crippen LogP contribution is 2.30. The summed E-state index contributed by atoms with van der Waals surface area (Å²) in [5, 5.41) is 1.12. The molecule has 0 saturated heterocycles. The van der Waals surface area contributed by atoms with Gasteiger partial charge in [-0.25, -0.2) is 13.2 Å². The molecule has 9 heteroatoms. The van der Waals surface area contributed by atoms with Gasteiger partial charge in [-0.3, -0.25) is 4.98 Å². The molecule has 0 amide bonds. The van der Waals surface area contributed by atoms with Crippen molar-refractivity contribution >= 4 is 10.8 Å². The van der Waals surface area contributed by atoms with Crippen molar-refractivity contribution in [1.82, 2.24) is 4.98 Å². The number of aryl methyl sites for hydroxylation is 4. The van der Waals surface area contributed by atoms with Crippen LogP contribution in [0.2, 0.25) is 0 Å². The summed E-state index contributed by atoms with van der Waals surface area (Å²) in [7, 11) is 0. The molecule has 0 radical (unpaired) electrons. The van der Waals surface area contributed by atoms with Crippen molar-refractivity contribution < 1.29 is 35.8 Å². The number of benzene rings is 3. The van der Waals surface area contributed by atoms with Crippen LogP contribution >= 0.6 is 0 Å². The third-order valence-corrected chi connectivity index (χ3v) is 5.84. The van der Waals surface area contributed by atoms with Gasteiger partial charge in [0.25, 0.3) is 0 Å². The molecular formula is C28H23F6NO2. The van der Waals surface area contributed by atoms with E-state index in [0.717, 1.165) is 23.4 Å². The molecule has 3 nitrogen and oxygen atoms in total. The summed E-state index contributed by atoms with van der Waals surface area (Å²) in [4.78, 5) is 4.39. The molecule has 4 aromatic rings. The summed E-state index contributed by atoms with van der Waals surface area (Å²) in [6.45, 7) is 2.47. The van der Waals surface area contributed by atoms with E-state index in [0.29, 0.717) is 41.5 Å². The highest BCUT2D eigenvalue weighted by molar-refractivity contribution is 5.84. The van der Waals surface area contributed by atoms with Crippen LogP contribution in [0.3, 0.4) is 0 Å². The topological polar surface area (TPSA) is 31.4 Å². The van der Waals surface area contributed by atoms with Gasteiger partial charge in [-0.15, -0.1) is 13.2 Å². The lowest BCUT2D eigenvalue weighted by atomic mass is 9.97. The van der Waals surface area contributed by atoms with Crippen molar-refractivity contribution in [3.05, 3.63) is 101 Å². The minimum Gasteiger partial charge on any atom is -0.492 e. The predicted octanol–water partition coefficient (Wildman–Crippen LogP) is 7.52. The second kappa shape index (κ2) is 11.1. The molecule has 0 atom stereocenters. The number of nitrogens with zero attached hydrogens (tertiary/aromatic N) is 1. The number of pyridine rings is 1. The summed E-state index contributed by atoms with van der Waals surface area (Å²) in [6, 6.07) is 14.1. The molecular weight excluding hydrogens is 496 g/mol. The van der Waals surface area contributed by atoms with E-state index in [1.165, 1.54) is 0 Å². The minimum absolute atomic E-state index is 0.0235. The number of ether oxygens (including phenoxy) is 2. The fourth-order valence-electron chi connectivity index (χ4n) is 4.07. The van der Waals surface area contributed by atoms with Crippen LogP contribution in [-0.4, -0.2) is 18.0 Å². The molecule has 1 aromatic heterocycles. The molecule has 0 fully saturated rings. The van der Waals surface area contributed by atoms with Gasteiger partial charge in [0.05, 0.1) is 12.8 Å². The lowest BCUT2D eigenvalue weighted by Gasteiger charge is -2.12. The van der Waals surface area contributed by atoms with Gasteiger partial charge in [0.1, 0.15) is 11.6 Å². The maximum Gasteiger partial charge on any atom is 0.573 e. The fraction of sp³-hybridized carbons (Fsp3) is 0.250. The molecule has 0 unspecified atom stereocenters. The van der Waals surface area contributed by atoms with Gasteiger partial charge in [-0.2, -0.15) is 0 Å². The molecule has 37 heavy (non-hydrogen) atoms. The van der Waals surface area contributed by atoms with E-state index in [4.69, 9.17) is 4.74 Å². The quantitative estimate of drug-likeness (QED) is 0.214. The number of rotatable bonds is 9. The average molecular weight is 519 g/mol. The Kier molecular flexibility index (Phi) is 7.90. The molecule has 0 aliphatic rings. The van der Waals surface area contributed by atoms with E-state index in [2.05, 4.69) is 9.72 Å². The van der Waals surface area contributed by atoms with Crippen molar-refractivity contribution in [3.63, 3.8) is 0 Å². The van der Waals surface area contributed by atoms with Gasteiger partial charge >= 0.3 is 6.36 Å². The number of fused-ring (bicyclic) bond motifs is 1. The molecule has 0 N–H and O–H groups in total. The Morgan fingerprint density at radius 1 is 0.784 bits per heavy atom.